The molecule has 1 atom stereocenters. The van der Waals surface area contributed by atoms with Crippen LogP contribution in [0.2, 0.25) is 0 Å². The first kappa shape index (κ1) is 13.5. The van der Waals surface area contributed by atoms with E-state index >= 15 is 0 Å². The third-order valence-corrected chi connectivity index (χ3v) is 3.75. The molecule has 2 aromatic rings. The van der Waals surface area contributed by atoms with E-state index in [1.165, 1.54) is 6.20 Å². The second-order valence-electron chi connectivity index (χ2n) is 5.03. The summed E-state index contributed by atoms with van der Waals surface area (Å²) in [6.07, 6.45) is 0.478. The maximum atomic E-state index is 13.9. The molecule has 0 amide bonds. The fourth-order valence-electron chi connectivity index (χ4n) is 2.75. The Morgan fingerprint density at radius 1 is 1.48 bits per heavy atom. The molecule has 21 heavy (non-hydrogen) atoms. The minimum atomic E-state index is -1.63. The highest BCUT2D eigenvalue weighted by Gasteiger charge is 2.26. The summed E-state index contributed by atoms with van der Waals surface area (Å²) in [5, 5.41) is 8.58. The molecule has 1 aliphatic rings. The van der Waals surface area contributed by atoms with Gasteiger partial charge in [-0.1, -0.05) is 0 Å². The van der Waals surface area contributed by atoms with Crippen molar-refractivity contribution in [3.63, 3.8) is 0 Å². The Morgan fingerprint density at radius 2 is 2.19 bits per heavy atom. The van der Waals surface area contributed by atoms with Crippen LogP contribution in [0.3, 0.4) is 0 Å². The molecule has 0 fully saturated rings. The average molecular weight is 295 g/mol. The SMILES string of the molecule is CC1CCc2c(F)c(F)cc3c(=O)c(OC(=O)O)cn1c23. The topological polar surface area (TPSA) is 68.5 Å². The number of hydrogen-bond acceptors (Lipinski definition) is 3. The molecule has 0 saturated heterocycles. The van der Waals surface area contributed by atoms with E-state index in [-0.39, 0.29) is 17.0 Å². The number of benzene rings is 1. The zero-order valence-corrected chi connectivity index (χ0v) is 11.0. The molecule has 3 rings (SSSR count). The number of pyridine rings is 1. The van der Waals surface area contributed by atoms with E-state index < -0.39 is 29.0 Å². The maximum absolute atomic E-state index is 13.9. The molecule has 0 bridgehead atoms. The largest absolute Gasteiger partial charge is 0.511 e. The summed E-state index contributed by atoms with van der Waals surface area (Å²) >= 11 is 0. The van der Waals surface area contributed by atoms with E-state index in [1.54, 1.807) is 4.57 Å². The Bertz CT molecular complexity index is 828. The number of aromatic nitrogens is 1. The zero-order valence-electron chi connectivity index (χ0n) is 11.0. The van der Waals surface area contributed by atoms with Crippen LogP contribution in [-0.2, 0) is 6.42 Å². The summed E-state index contributed by atoms with van der Waals surface area (Å²) in [7, 11) is 0. The Kier molecular flexibility index (Phi) is 2.93. The predicted molar refractivity (Wildman–Crippen MR) is 69.8 cm³/mol. The maximum Gasteiger partial charge on any atom is 0.511 e. The van der Waals surface area contributed by atoms with Crippen LogP contribution in [0, 0.1) is 11.6 Å². The van der Waals surface area contributed by atoms with Crippen molar-refractivity contribution in [1.82, 2.24) is 4.57 Å². The molecule has 0 saturated carbocycles. The highest BCUT2D eigenvalue weighted by Crippen LogP contribution is 2.33. The number of aryl methyl sites for hydroxylation is 1. The summed E-state index contributed by atoms with van der Waals surface area (Å²) in [5.41, 5.74) is -0.324. The molecule has 7 heteroatoms. The zero-order chi connectivity index (χ0) is 15.3. The van der Waals surface area contributed by atoms with Gasteiger partial charge in [-0.2, -0.15) is 0 Å². The van der Waals surface area contributed by atoms with Gasteiger partial charge in [-0.25, -0.2) is 13.6 Å². The van der Waals surface area contributed by atoms with Gasteiger partial charge in [-0.05, 0) is 25.8 Å². The van der Waals surface area contributed by atoms with Crippen molar-refractivity contribution in [1.29, 1.82) is 0 Å². The Balaban J connectivity index is 2.44. The number of nitrogens with zero attached hydrogens (tertiary/aromatic N) is 1. The second-order valence-corrected chi connectivity index (χ2v) is 5.03. The van der Waals surface area contributed by atoms with Gasteiger partial charge in [-0.15, -0.1) is 0 Å². The highest BCUT2D eigenvalue weighted by molar-refractivity contribution is 5.85. The van der Waals surface area contributed by atoms with Crippen LogP contribution in [0.5, 0.6) is 5.75 Å². The Morgan fingerprint density at radius 3 is 2.86 bits per heavy atom. The summed E-state index contributed by atoms with van der Waals surface area (Å²) in [6.45, 7) is 1.85. The third-order valence-electron chi connectivity index (χ3n) is 3.75. The summed E-state index contributed by atoms with van der Waals surface area (Å²) < 4.78 is 33.6. The van der Waals surface area contributed by atoms with Crippen molar-refractivity contribution in [2.24, 2.45) is 0 Å². The van der Waals surface area contributed by atoms with Gasteiger partial charge in [0.2, 0.25) is 5.43 Å². The molecule has 1 N–H and O–H groups in total. The molecule has 0 radical (unpaired) electrons. The van der Waals surface area contributed by atoms with Crippen LogP contribution in [0.4, 0.5) is 13.6 Å². The molecule has 1 aliphatic heterocycles. The molecule has 5 nitrogen and oxygen atoms in total. The van der Waals surface area contributed by atoms with Crippen LogP contribution in [-0.4, -0.2) is 15.8 Å². The quantitative estimate of drug-likeness (QED) is 0.821. The van der Waals surface area contributed by atoms with Gasteiger partial charge >= 0.3 is 6.16 Å². The fraction of sp³-hybridized carbons (Fsp3) is 0.286. The molecule has 0 aliphatic carbocycles. The lowest BCUT2D eigenvalue weighted by atomic mass is 9.96. The smallest absolute Gasteiger partial charge is 0.449 e. The van der Waals surface area contributed by atoms with Crippen molar-refractivity contribution in [3.05, 3.63) is 39.7 Å². The molecule has 1 aromatic carbocycles. The first-order chi connectivity index (χ1) is 9.90. The number of carbonyl (C=O) groups is 1. The Hall–Kier alpha value is -2.44. The lowest BCUT2D eigenvalue weighted by Gasteiger charge is -2.26. The molecule has 0 spiro atoms. The molecular formula is C14H11F2NO4. The van der Waals surface area contributed by atoms with Gasteiger partial charge in [0.15, 0.2) is 17.4 Å². The first-order valence-corrected chi connectivity index (χ1v) is 6.36. The number of hydrogen-bond donors (Lipinski definition) is 1. The fourth-order valence-corrected chi connectivity index (χ4v) is 2.75. The monoisotopic (exact) mass is 295 g/mol. The average Bonchev–Trinajstić information content (AvgIpc) is 2.42. The minimum Gasteiger partial charge on any atom is -0.449 e. The van der Waals surface area contributed by atoms with Gasteiger partial charge in [0.1, 0.15) is 0 Å². The molecule has 1 unspecified atom stereocenters. The summed E-state index contributed by atoms with van der Waals surface area (Å²) in [6, 6.07) is 0.710. The van der Waals surface area contributed by atoms with Crippen molar-refractivity contribution in [3.8, 4) is 5.75 Å². The summed E-state index contributed by atoms with van der Waals surface area (Å²) in [4.78, 5) is 22.8. The van der Waals surface area contributed by atoms with Crippen molar-refractivity contribution < 1.29 is 23.4 Å². The lowest BCUT2D eigenvalue weighted by Crippen LogP contribution is -2.22. The number of rotatable bonds is 1. The van der Waals surface area contributed by atoms with Crippen molar-refractivity contribution in [2.75, 3.05) is 0 Å². The standard InChI is InChI=1S/C14H11F2NO4/c1-6-2-3-7-11(16)9(15)4-8-12(7)17(6)5-10(13(8)18)21-14(19)20/h4-6H,2-3H2,1H3,(H,19,20). The van der Waals surface area contributed by atoms with E-state index in [1.807, 2.05) is 6.92 Å². The van der Waals surface area contributed by atoms with E-state index in [4.69, 9.17) is 5.11 Å². The van der Waals surface area contributed by atoms with Crippen LogP contribution < -0.4 is 10.2 Å². The summed E-state index contributed by atoms with van der Waals surface area (Å²) in [5.74, 6) is -2.50. The molecule has 110 valence electrons. The number of halogens is 2. The third kappa shape index (κ3) is 1.96. The van der Waals surface area contributed by atoms with Crippen molar-refractivity contribution >= 4 is 17.1 Å². The number of carboxylic acid groups (broad SMARTS) is 1. The van der Waals surface area contributed by atoms with Crippen molar-refractivity contribution in [2.45, 2.75) is 25.8 Å². The van der Waals surface area contributed by atoms with Gasteiger partial charge in [-0.3, -0.25) is 4.79 Å². The van der Waals surface area contributed by atoms with Gasteiger partial charge in [0.25, 0.3) is 0 Å². The normalized spacial score (nSPS) is 17.0. The second kappa shape index (κ2) is 4.54. The molecule has 1 aromatic heterocycles. The van der Waals surface area contributed by atoms with E-state index in [9.17, 15) is 18.4 Å². The molecular weight excluding hydrogens is 284 g/mol. The van der Waals surface area contributed by atoms with Gasteiger partial charge in [0, 0.05) is 11.6 Å². The highest BCUT2D eigenvalue weighted by atomic mass is 19.2. The number of ether oxygens (including phenoxy) is 1. The Labute approximate surface area is 117 Å². The van der Waals surface area contributed by atoms with E-state index in [0.717, 1.165) is 6.07 Å². The first-order valence-electron chi connectivity index (χ1n) is 6.36. The van der Waals surface area contributed by atoms with Crippen LogP contribution in [0.15, 0.2) is 17.1 Å². The van der Waals surface area contributed by atoms with Gasteiger partial charge in [0.05, 0.1) is 17.1 Å². The van der Waals surface area contributed by atoms with Crippen LogP contribution in [0.1, 0.15) is 24.9 Å². The minimum absolute atomic E-state index is 0.0748. The van der Waals surface area contributed by atoms with E-state index in [2.05, 4.69) is 4.74 Å². The van der Waals surface area contributed by atoms with E-state index in [0.29, 0.717) is 18.4 Å². The predicted octanol–water partition coefficient (Wildman–Crippen LogP) is 2.84. The van der Waals surface area contributed by atoms with Crippen LogP contribution >= 0.6 is 0 Å². The molecule has 2 heterocycles. The van der Waals surface area contributed by atoms with Crippen LogP contribution in [0.25, 0.3) is 10.9 Å². The van der Waals surface area contributed by atoms with Gasteiger partial charge < -0.3 is 14.4 Å². The lowest BCUT2D eigenvalue weighted by molar-refractivity contribution is 0.143.